The number of benzene rings is 1. The normalized spacial score (nSPS) is 29.4. The van der Waals surface area contributed by atoms with Crippen LogP contribution in [0.3, 0.4) is 0 Å². The maximum Gasteiger partial charge on any atom is 0.255 e. The summed E-state index contributed by atoms with van der Waals surface area (Å²) in [6, 6.07) is 2.94. The van der Waals surface area contributed by atoms with Gasteiger partial charge in [-0.15, -0.1) is 0 Å². The first-order valence-corrected chi connectivity index (χ1v) is 8.14. The maximum absolute atomic E-state index is 13.0. The van der Waals surface area contributed by atoms with Gasteiger partial charge in [-0.2, -0.15) is 0 Å². The Morgan fingerprint density at radius 3 is 2.87 bits per heavy atom. The van der Waals surface area contributed by atoms with E-state index in [1.165, 1.54) is 17.7 Å². The number of amides is 1. The molecular formula is C18H21NO4. The van der Waals surface area contributed by atoms with Gasteiger partial charge < -0.3 is 19.8 Å². The first kappa shape index (κ1) is 14.6. The molecule has 1 aliphatic carbocycles. The second kappa shape index (κ2) is 4.99. The highest BCUT2D eigenvalue weighted by Gasteiger charge is 2.51. The van der Waals surface area contributed by atoms with Crippen LogP contribution in [0.4, 0.5) is 0 Å². The van der Waals surface area contributed by atoms with Crippen molar-refractivity contribution in [3.8, 4) is 11.5 Å². The van der Waals surface area contributed by atoms with Crippen molar-refractivity contribution in [1.29, 1.82) is 0 Å². The lowest BCUT2D eigenvalue weighted by Crippen LogP contribution is -2.62. The Kier molecular flexibility index (Phi) is 3.17. The molecule has 5 heteroatoms. The molecule has 0 radical (unpaired) electrons. The SMILES string of the molecule is COC1CC=C2CCCN3C(=O)c4cc(O)c(O)cc4CC23C1. The highest BCUT2D eigenvalue weighted by atomic mass is 16.5. The van der Waals surface area contributed by atoms with Crippen molar-refractivity contribution in [1.82, 2.24) is 4.90 Å². The quantitative estimate of drug-likeness (QED) is 0.616. The predicted octanol–water partition coefficient (Wildman–Crippen LogP) is 2.36. The van der Waals surface area contributed by atoms with Crippen LogP contribution >= 0.6 is 0 Å². The number of hydrogen-bond acceptors (Lipinski definition) is 4. The first-order chi connectivity index (χ1) is 11.0. The number of aromatic hydroxyl groups is 2. The minimum Gasteiger partial charge on any atom is -0.504 e. The van der Waals surface area contributed by atoms with Gasteiger partial charge in [-0.25, -0.2) is 0 Å². The van der Waals surface area contributed by atoms with Crippen LogP contribution in [0.15, 0.2) is 23.8 Å². The molecule has 1 amide bonds. The molecule has 1 aromatic carbocycles. The molecule has 0 bridgehead atoms. The van der Waals surface area contributed by atoms with Gasteiger partial charge in [-0.05, 0) is 42.5 Å². The second-order valence-electron chi connectivity index (χ2n) is 6.79. The summed E-state index contributed by atoms with van der Waals surface area (Å²) in [5.74, 6) is -0.454. The van der Waals surface area contributed by atoms with Gasteiger partial charge in [0.25, 0.3) is 5.91 Å². The van der Waals surface area contributed by atoms with E-state index in [1.807, 2.05) is 4.90 Å². The molecule has 2 N–H and O–H groups in total. The molecule has 0 aromatic heterocycles. The van der Waals surface area contributed by atoms with E-state index in [1.54, 1.807) is 7.11 Å². The number of rotatable bonds is 1. The molecule has 1 spiro atoms. The van der Waals surface area contributed by atoms with Crippen LogP contribution in [0.2, 0.25) is 0 Å². The molecule has 122 valence electrons. The van der Waals surface area contributed by atoms with E-state index in [0.29, 0.717) is 12.0 Å². The molecule has 5 nitrogen and oxygen atoms in total. The van der Waals surface area contributed by atoms with E-state index >= 15 is 0 Å². The Bertz CT molecular complexity index is 711. The van der Waals surface area contributed by atoms with Crippen molar-refractivity contribution < 1.29 is 19.7 Å². The zero-order valence-electron chi connectivity index (χ0n) is 13.2. The average Bonchev–Trinajstić information content (AvgIpc) is 2.55. The highest BCUT2D eigenvalue weighted by Crippen LogP contribution is 2.48. The standard InChI is InChI=1S/C18H21NO4/c1-23-13-5-4-12-3-2-6-19-17(22)14-8-16(21)15(20)7-11(14)9-18(12,19)10-13/h4,7-8,13,20-21H,2-3,5-6,9-10H2,1H3. The second-order valence-corrected chi connectivity index (χ2v) is 6.79. The number of phenols is 2. The number of carbonyl (C=O) groups excluding carboxylic acids is 1. The van der Waals surface area contributed by atoms with E-state index in [9.17, 15) is 15.0 Å². The van der Waals surface area contributed by atoms with Gasteiger partial charge in [0.15, 0.2) is 11.5 Å². The monoisotopic (exact) mass is 315 g/mol. The molecule has 2 aliphatic heterocycles. The summed E-state index contributed by atoms with van der Waals surface area (Å²) in [5, 5.41) is 19.6. The lowest BCUT2D eigenvalue weighted by atomic mass is 9.67. The highest BCUT2D eigenvalue weighted by molar-refractivity contribution is 5.99. The van der Waals surface area contributed by atoms with Crippen LogP contribution in [0.1, 0.15) is 41.6 Å². The zero-order chi connectivity index (χ0) is 16.2. The Labute approximate surface area is 135 Å². The number of ether oxygens (including phenoxy) is 1. The van der Waals surface area contributed by atoms with Crippen LogP contribution in [0.25, 0.3) is 0 Å². The summed E-state index contributed by atoms with van der Waals surface area (Å²) in [6.07, 6.45) is 6.69. The van der Waals surface area contributed by atoms with E-state index in [-0.39, 0.29) is 29.0 Å². The molecule has 1 aromatic rings. The third-order valence-electron chi connectivity index (χ3n) is 5.63. The van der Waals surface area contributed by atoms with E-state index in [2.05, 4.69) is 6.08 Å². The number of phenolic OH excluding ortho intramolecular Hbond substituents is 2. The summed E-state index contributed by atoms with van der Waals surface area (Å²) >= 11 is 0. The Hall–Kier alpha value is -2.01. The molecule has 0 saturated carbocycles. The van der Waals surface area contributed by atoms with Crippen molar-refractivity contribution in [2.24, 2.45) is 0 Å². The average molecular weight is 315 g/mol. The van der Waals surface area contributed by atoms with Gasteiger partial charge in [0.05, 0.1) is 11.6 Å². The van der Waals surface area contributed by atoms with Crippen molar-refractivity contribution in [2.45, 2.75) is 43.7 Å². The maximum atomic E-state index is 13.0. The molecule has 23 heavy (non-hydrogen) atoms. The number of hydrogen-bond donors (Lipinski definition) is 2. The summed E-state index contributed by atoms with van der Waals surface area (Å²) in [4.78, 5) is 15.0. The summed E-state index contributed by atoms with van der Waals surface area (Å²) < 4.78 is 5.58. The van der Waals surface area contributed by atoms with Gasteiger partial charge in [0, 0.05) is 32.1 Å². The van der Waals surface area contributed by atoms with Crippen LogP contribution in [-0.2, 0) is 11.2 Å². The number of nitrogens with zero attached hydrogens (tertiary/aromatic N) is 1. The lowest BCUT2D eigenvalue weighted by molar-refractivity contribution is 0.00468. The van der Waals surface area contributed by atoms with Crippen molar-refractivity contribution in [3.63, 3.8) is 0 Å². The number of piperidine rings is 1. The van der Waals surface area contributed by atoms with Crippen LogP contribution in [0.5, 0.6) is 11.5 Å². The van der Waals surface area contributed by atoms with Crippen LogP contribution < -0.4 is 0 Å². The summed E-state index contributed by atoms with van der Waals surface area (Å²) in [5.41, 5.74) is 2.31. The fraction of sp³-hybridized carbons (Fsp3) is 0.500. The van der Waals surface area contributed by atoms with Gasteiger partial charge in [0.2, 0.25) is 0 Å². The van der Waals surface area contributed by atoms with E-state index < -0.39 is 0 Å². The molecule has 1 fully saturated rings. The predicted molar refractivity (Wildman–Crippen MR) is 84.6 cm³/mol. The minimum atomic E-state index is -0.329. The first-order valence-electron chi connectivity index (χ1n) is 8.14. The topological polar surface area (TPSA) is 70.0 Å². The molecule has 2 unspecified atom stereocenters. The van der Waals surface area contributed by atoms with Crippen LogP contribution in [-0.4, -0.2) is 46.3 Å². The number of fused-ring (bicyclic) bond motifs is 1. The van der Waals surface area contributed by atoms with Crippen molar-refractivity contribution in [3.05, 3.63) is 34.9 Å². The smallest absolute Gasteiger partial charge is 0.255 e. The Balaban J connectivity index is 1.86. The third-order valence-corrected chi connectivity index (χ3v) is 5.63. The van der Waals surface area contributed by atoms with Gasteiger partial charge >= 0.3 is 0 Å². The van der Waals surface area contributed by atoms with Crippen LogP contribution in [0, 0.1) is 0 Å². The minimum absolute atomic E-state index is 0.0519. The molecule has 1 saturated heterocycles. The third kappa shape index (κ3) is 1.99. The molecule has 2 heterocycles. The van der Waals surface area contributed by atoms with E-state index in [4.69, 9.17) is 4.74 Å². The summed E-state index contributed by atoms with van der Waals surface area (Å²) in [6.45, 7) is 0.730. The summed E-state index contributed by atoms with van der Waals surface area (Å²) in [7, 11) is 1.72. The Morgan fingerprint density at radius 1 is 1.30 bits per heavy atom. The number of methoxy groups -OCH3 is 1. The molecule has 2 atom stereocenters. The van der Waals surface area contributed by atoms with Gasteiger partial charge in [-0.1, -0.05) is 6.08 Å². The largest absolute Gasteiger partial charge is 0.504 e. The Morgan fingerprint density at radius 2 is 2.09 bits per heavy atom. The lowest BCUT2D eigenvalue weighted by Gasteiger charge is -2.54. The van der Waals surface area contributed by atoms with Gasteiger partial charge in [-0.3, -0.25) is 4.79 Å². The van der Waals surface area contributed by atoms with Gasteiger partial charge in [0.1, 0.15) is 0 Å². The number of carbonyl (C=O) groups is 1. The van der Waals surface area contributed by atoms with Crippen molar-refractivity contribution >= 4 is 5.91 Å². The van der Waals surface area contributed by atoms with E-state index in [0.717, 1.165) is 37.8 Å². The fourth-order valence-corrected chi connectivity index (χ4v) is 4.50. The zero-order valence-corrected chi connectivity index (χ0v) is 13.2. The van der Waals surface area contributed by atoms with Crippen molar-refractivity contribution in [2.75, 3.05) is 13.7 Å². The molecule has 4 rings (SSSR count). The molecule has 3 aliphatic rings. The fourth-order valence-electron chi connectivity index (χ4n) is 4.50. The molecular weight excluding hydrogens is 294 g/mol.